The topological polar surface area (TPSA) is 151 Å². The molecule has 1 fully saturated rings. The third-order valence-corrected chi connectivity index (χ3v) is 5.55. The molecule has 2 aromatic heterocycles. The largest absolute Gasteiger partial charge is 0.388 e. The number of aliphatic hydroxyl groups is 2. The summed E-state index contributed by atoms with van der Waals surface area (Å²) in [4.78, 5) is 37.5. The average molecular weight is 442 g/mol. The first-order chi connectivity index (χ1) is 14.2. The smallest absolute Gasteiger partial charge is 0.328 e. The molecule has 1 aliphatic rings. The fourth-order valence-corrected chi connectivity index (χ4v) is 3.46. The first-order valence-electron chi connectivity index (χ1n) is 9.41. The number of aromatic nitrogens is 4. The first-order valence-corrected chi connectivity index (χ1v) is 9.79. The molecule has 0 saturated carbocycles. The molecular formula is C18H24ClN5O6. The molecule has 1 amide bonds. The summed E-state index contributed by atoms with van der Waals surface area (Å²) in [6, 6.07) is -0.797. The van der Waals surface area contributed by atoms with E-state index in [-0.39, 0.29) is 30.5 Å². The fraction of sp³-hybridized carbons (Fsp3) is 0.556. The summed E-state index contributed by atoms with van der Waals surface area (Å²) >= 11 is 5.73. The van der Waals surface area contributed by atoms with Crippen molar-refractivity contribution in [3.63, 3.8) is 0 Å². The number of amides is 1. The number of carbonyl (C=O) groups is 1. The van der Waals surface area contributed by atoms with Crippen molar-refractivity contribution in [2.75, 3.05) is 6.61 Å². The second-order valence-corrected chi connectivity index (χ2v) is 7.70. The van der Waals surface area contributed by atoms with Gasteiger partial charge in [-0.15, -0.1) is 0 Å². The van der Waals surface area contributed by atoms with E-state index in [1.807, 2.05) is 19.0 Å². The molecule has 164 valence electrons. The highest BCUT2D eigenvalue weighted by atomic mass is 35.5. The summed E-state index contributed by atoms with van der Waals surface area (Å²) in [5, 5.41) is 27.4. The van der Waals surface area contributed by atoms with Crippen molar-refractivity contribution >= 4 is 17.5 Å². The van der Waals surface area contributed by atoms with E-state index in [1.54, 1.807) is 10.9 Å². The van der Waals surface area contributed by atoms with E-state index in [4.69, 9.17) is 16.3 Å². The number of nitrogens with zero attached hydrogens (tertiary/aromatic N) is 3. The normalized spacial score (nSPS) is 24.0. The van der Waals surface area contributed by atoms with Crippen LogP contribution in [0.4, 0.5) is 0 Å². The Bertz CT molecular complexity index is 1030. The van der Waals surface area contributed by atoms with Gasteiger partial charge >= 0.3 is 5.69 Å². The number of halogens is 1. The molecule has 0 radical (unpaired) electrons. The predicted octanol–water partition coefficient (Wildman–Crippen LogP) is -1.53. The Morgan fingerprint density at radius 2 is 2.13 bits per heavy atom. The number of ether oxygens (including phenoxy) is 1. The Morgan fingerprint density at radius 1 is 1.40 bits per heavy atom. The number of aryl methyl sites for hydroxylation is 2. The Labute approximate surface area is 176 Å². The average Bonchev–Trinajstić information content (AvgIpc) is 3.02. The third-order valence-electron chi connectivity index (χ3n) is 5.28. The second-order valence-electron chi connectivity index (χ2n) is 7.29. The fourth-order valence-electron chi connectivity index (χ4n) is 3.30. The molecule has 30 heavy (non-hydrogen) atoms. The maximum Gasteiger partial charge on any atom is 0.328 e. The number of carbonyl (C=O) groups excluding carboxylic acids is 1. The van der Waals surface area contributed by atoms with Crippen molar-refractivity contribution in [2.45, 2.75) is 50.7 Å². The minimum absolute atomic E-state index is 0.0492. The Kier molecular flexibility index (Phi) is 6.76. The van der Waals surface area contributed by atoms with Gasteiger partial charge in [-0.2, -0.15) is 5.10 Å². The third kappa shape index (κ3) is 4.81. The van der Waals surface area contributed by atoms with Crippen LogP contribution in [0.25, 0.3) is 0 Å². The standard InChI is InChI=1S/C18H24ClN5O6/c1-9-10(5-20-23(9)2)3-4-14(25)21-12-8-30-13(16(27)15(12)26)7-24-6-11(19)17(28)22-18(24)29/h5-6,12-13,15-16,26-27H,3-4,7-8H2,1-2H3,(H,21,25)(H,22,28,29)/t12-,13-,15+,16-/m1/s1. The van der Waals surface area contributed by atoms with Crippen molar-refractivity contribution < 1.29 is 19.7 Å². The summed E-state index contributed by atoms with van der Waals surface area (Å²) < 4.78 is 8.36. The highest BCUT2D eigenvalue weighted by molar-refractivity contribution is 6.30. The number of aromatic amines is 1. The van der Waals surface area contributed by atoms with Crippen molar-refractivity contribution in [2.24, 2.45) is 7.05 Å². The summed E-state index contributed by atoms with van der Waals surface area (Å²) in [7, 11) is 1.82. The van der Waals surface area contributed by atoms with Crippen LogP contribution < -0.4 is 16.6 Å². The number of rotatable bonds is 6. The van der Waals surface area contributed by atoms with Crippen LogP contribution in [0.2, 0.25) is 5.02 Å². The quantitative estimate of drug-likeness (QED) is 0.424. The van der Waals surface area contributed by atoms with E-state index < -0.39 is 35.6 Å². The lowest BCUT2D eigenvalue weighted by Crippen LogP contribution is -2.60. The van der Waals surface area contributed by atoms with Gasteiger partial charge in [0.1, 0.15) is 23.3 Å². The van der Waals surface area contributed by atoms with Crippen molar-refractivity contribution in [1.29, 1.82) is 0 Å². The molecule has 0 aliphatic carbocycles. The lowest BCUT2D eigenvalue weighted by Gasteiger charge is -2.38. The zero-order valence-corrected chi connectivity index (χ0v) is 17.3. The van der Waals surface area contributed by atoms with E-state index in [0.717, 1.165) is 22.0 Å². The van der Waals surface area contributed by atoms with Gasteiger partial charge in [0.05, 0.1) is 25.4 Å². The molecule has 3 rings (SSSR count). The number of nitrogens with one attached hydrogen (secondary N) is 2. The Morgan fingerprint density at radius 3 is 2.80 bits per heavy atom. The minimum atomic E-state index is -1.36. The van der Waals surface area contributed by atoms with Crippen LogP contribution in [0.15, 0.2) is 22.0 Å². The number of hydrogen-bond donors (Lipinski definition) is 4. The highest BCUT2D eigenvalue weighted by Gasteiger charge is 2.39. The molecule has 0 unspecified atom stereocenters. The zero-order valence-electron chi connectivity index (χ0n) is 16.5. The van der Waals surface area contributed by atoms with E-state index >= 15 is 0 Å². The van der Waals surface area contributed by atoms with Gasteiger partial charge in [0, 0.05) is 25.4 Å². The van der Waals surface area contributed by atoms with Gasteiger partial charge in [0.15, 0.2) is 0 Å². The molecule has 3 heterocycles. The van der Waals surface area contributed by atoms with Crippen molar-refractivity contribution in [3.8, 4) is 0 Å². The molecule has 4 atom stereocenters. The van der Waals surface area contributed by atoms with E-state index in [9.17, 15) is 24.6 Å². The maximum atomic E-state index is 12.3. The van der Waals surface area contributed by atoms with Gasteiger partial charge in [0.25, 0.3) is 5.56 Å². The van der Waals surface area contributed by atoms with Gasteiger partial charge in [-0.05, 0) is 18.9 Å². The van der Waals surface area contributed by atoms with Gasteiger partial charge in [-0.3, -0.25) is 23.8 Å². The lowest BCUT2D eigenvalue weighted by atomic mass is 9.97. The molecule has 1 saturated heterocycles. The highest BCUT2D eigenvalue weighted by Crippen LogP contribution is 2.18. The number of H-pyrrole nitrogens is 1. The Balaban J connectivity index is 1.56. The van der Waals surface area contributed by atoms with Gasteiger partial charge in [0.2, 0.25) is 5.91 Å². The molecule has 0 bridgehead atoms. The van der Waals surface area contributed by atoms with Gasteiger partial charge in [-0.25, -0.2) is 4.79 Å². The van der Waals surface area contributed by atoms with Crippen LogP contribution >= 0.6 is 11.6 Å². The number of aliphatic hydroxyl groups excluding tert-OH is 2. The van der Waals surface area contributed by atoms with E-state index in [0.29, 0.717) is 6.42 Å². The summed E-state index contributed by atoms with van der Waals surface area (Å²) in [6.07, 6.45) is -0.0357. The number of hydrogen-bond acceptors (Lipinski definition) is 7. The zero-order chi connectivity index (χ0) is 22.0. The molecule has 11 nitrogen and oxygen atoms in total. The van der Waals surface area contributed by atoms with Crippen molar-refractivity contribution in [1.82, 2.24) is 24.6 Å². The van der Waals surface area contributed by atoms with Crippen LogP contribution in [0.1, 0.15) is 17.7 Å². The van der Waals surface area contributed by atoms with Crippen LogP contribution in [0.3, 0.4) is 0 Å². The van der Waals surface area contributed by atoms with E-state index in [1.165, 1.54) is 0 Å². The minimum Gasteiger partial charge on any atom is -0.388 e. The first kappa shape index (κ1) is 22.2. The SMILES string of the molecule is Cc1c(CCC(=O)N[C@@H]2CO[C@H](Cn3cc(Cl)c(=O)[nH]c3=O)[C@@H](O)[C@H]2O)cnn1C. The molecular weight excluding hydrogens is 418 g/mol. The van der Waals surface area contributed by atoms with Crippen LogP contribution in [-0.2, 0) is 29.5 Å². The molecule has 4 N–H and O–H groups in total. The summed E-state index contributed by atoms with van der Waals surface area (Å²) in [5.74, 6) is -0.291. The lowest BCUT2D eigenvalue weighted by molar-refractivity contribution is -0.158. The second kappa shape index (κ2) is 9.13. The molecule has 12 heteroatoms. The van der Waals surface area contributed by atoms with Crippen LogP contribution in [0, 0.1) is 6.92 Å². The van der Waals surface area contributed by atoms with Crippen LogP contribution in [0.5, 0.6) is 0 Å². The molecule has 0 spiro atoms. The summed E-state index contributed by atoms with van der Waals surface area (Å²) in [5.41, 5.74) is 0.501. The Hall–Kier alpha value is -2.47. The maximum absolute atomic E-state index is 12.3. The van der Waals surface area contributed by atoms with Crippen molar-refractivity contribution in [3.05, 3.63) is 49.5 Å². The van der Waals surface area contributed by atoms with E-state index in [2.05, 4.69) is 10.4 Å². The molecule has 2 aromatic rings. The van der Waals surface area contributed by atoms with Gasteiger partial charge in [-0.1, -0.05) is 11.6 Å². The molecule has 0 aromatic carbocycles. The van der Waals surface area contributed by atoms with Crippen LogP contribution in [-0.4, -0.2) is 66.4 Å². The predicted molar refractivity (Wildman–Crippen MR) is 106 cm³/mol. The monoisotopic (exact) mass is 441 g/mol. The van der Waals surface area contributed by atoms with Gasteiger partial charge < -0.3 is 20.3 Å². The molecule has 1 aliphatic heterocycles. The summed E-state index contributed by atoms with van der Waals surface area (Å²) in [6.45, 7) is 1.73.